The summed E-state index contributed by atoms with van der Waals surface area (Å²) in [7, 11) is 0. The van der Waals surface area contributed by atoms with E-state index in [1.807, 2.05) is 6.92 Å². The van der Waals surface area contributed by atoms with Crippen molar-refractivity contribution in [3.8, 4) is 0 Å². The summed E-state index contributed by atoms with van der Waals surface area (Å²) in [5.41, 5.74) is 5.33. The maximum Gasteiger partial charge on any atom is 0.240 e. The Balaban J connectivity index is 2.44. The fourth-order valence-electron chi connectivity index (χ4n) is 2.76. The van der Waals surface area contributed by atoms with Gasteiger partial charge in [0.05, 0.1) is 5.54 Å². The van der Waals surface area contributed by atoms with E-state index in [4.69, 9.17) is 5.73 Å². The smallest absolute Gasteiger partial charge is 0.240 e. The van der Waals surface area contributed by atoms with Crippen LogP contribution in [0.3, 0.4) is 0 Å². The second-order valence-corrected chi connectivity index (χ2v) is 5.83. The van der Waals surface area contributed by atoms with Gasteiger partial charge >= 0.3 is 0 Å². The van der Waals surface area contributed by atoms with Crippen molar-refractivity contribution < 1.29 is 4.79 Å². The van der Waals surface area contributed by atoms with Gasteiger partial charge in [-0.05, 0) is 39.0 Å². The minimum Gasteiger partial charge on any atom is -0.352 e. The standard InChI is InChI=1S/C14H28N2O/c1-4-10-14(3,15)13(17)16-11(2)12-8-6-5-7-9-12/h11-12H,4-10,15H2,1-3H3,(H,16,17)/t11-,14?/m0/s1. The Labute approximate surface area is 106 Å². The van der Waals surface area contributed by atoms with Crippen molar-refractivity contribution in [2.75, 3.05) is 0 Å². The predicted octanol–water partition coefficient (Wildman–Crippen LogP) is 2.59. The first kappa shape index (κ1) is 14.5. The molecule has 1 saturated carbocycles. The van der Waals surface area contributed by atoms with Crippen LogP contribution in [0.1, 0.15) is 65.7 Å². The monoisotopic (exact) mass is 240 g/mol. The average Bonchev–Trinajstić information content (AvgIpc) is 2.30. The van der Waals surface area contributed by atoms with E-state index in [1.165, 1.54) is 32.1 Å². The Hall–Kier alpha value is -0.570. The summed E-state index contributed by atoms with van der Waals surface area (Å²) in [5.74, 6) is 0.655. The molecular formula is C14H28N2O. The highest BCUT2D eigenvalue weighted by Crippen LogP contribution is 2.26. The SMILES string of the molecule is CCCC(C)(N)C(=O)N[C@@H](C)C1CCCCC1. The molecule has 0 aromatic carbocycles. The number of hydrogen-bond acceptors (Lipinski definition) is 2. The molecule has 17 heavy (non-hydrogen) atoms. The zero-order chi connectivity index (χ0) is 12.9. The molecule has 1 aliphatic carbocycles. The molecule has 0 aromatic heterocycles. The van der Waals surface area contributed by atoms with Crippen LogP contribution in [0.5, 0.6) is 0 Å². The van der Waals surface area contributed by atoms with Gasteiger partial charge in [-0.1, -0.05) is 32.6 Å². The highest BCUT2D eigenvalue weighted by molar-refractivity contribution is 5.85. The van der Waals surface area contributed by atoms with Gasteiger partial charge in [-0.15, -0.1) is 0 Å². The fourth-order valence-corrected chi connectivity index (χ4v) is 2.76. The lowest BCUT2D eigenvalue weighted by molar-refractivity contribution is -0.127. The minimum atomic E-state index is -0.711. The quantitative estimate of drug-likeness (QED) is 0.776. The maximum absolute atomic E-state index is 12.1. The first-order valence-electron chi connectivity index (χ1n) is 7.07. The number of nitrogens with one attached hydrogen (secondary N) is 1. The lowest BCUT2D eigenvalue weighted by atomic mass is 9.84. The minimum absolute atomic E-state index is 0.0115. The van der Waals surface area contributed by atoms with Gasteiger partial charge in [0, 0.05) is 6.04 Å². The topological polar surface area (TPSA) is 55.1 Å². The molecule has 0 spiro atoms. The molecule has 0 heterocycles. The lowest BCUT2D eigenvalue weighted by Crippen LogP contribution is -2.54. The average molecular weight is 240 g/mol. The van der Waals surface area contributed by atoms with Crippen LogP contribution in [-0.4, -0.2) is 17.5 Å². The first-order valence-corrected chi connectivity index (χ1v) is 7.07. The Kier molecular flexibility index (Phi) is 5.44. The third-order valence-corrected chi connectivity index (χ3v) is 4.00. The molecule has 2 atom stereocenters. The Morgan fingerprint density at radius 1 is 1.41 bits per heavy atom. The molecular weight excluding hydrogens is 212 g/mol. The van der Waals surface area contributed by atoms with Crippen molar-refractivity contribution in [2.24, 2.45) is 11.7 Å². The number of nitrogens with two attached hydrogens (primary N) is 1. The lowest BCUT2D eigenvalue weighted by Gasteiger charge is -2.31. The van der Waals surface area contributed by atoms with E-state index in [1.54, 1.807) is 0 Å². The number of amides is 1. The van der Waals surface area contributed by atoms with E-state index >= 15 is 0 Å². The first-order chi connectivity index (χ1) is 7.97. The van der Waals surface area contributed by atoms with Gasteiger partial charge in [0.2, 0.25) is 5.91 Å². The molecule has 0 saturated heterocycles. The van der Waals surface area contributed by atoms with Crippen LogP contribution in [0.15, 0.2) is 0 Å². The van der Waals surface area contributed by atoms with E-state index in [0.29, 0.717) is 5.92 Å². The van der Waals surface area contributed by atoms with Gasteiger partial charge in [-0.2, -0.15) is 0 Å². The molecule has 3 heteroatoms. The second kappa shape index (κ2) is 6.39. The third kappa shape index (κ3) is 4.30. The number of carbonyl (C=O) groups is 1. The van der Waals surface area contributed by atoms with Gasteiger partial charge < -0.3 is 11.1 Å². The molecule has 3 nitrogen and oxygen atoms in total. The number of hydrogen-bond donors (Lipinski definition) is 2. The zero-order valence-electron chi connectivity index (χ0n) is 11.6. The summed E-state index contributed by atoms with van der Waals surface area (Å²) < 4.78 is 0. The van der Waals surface area contributed by atoms with Gasteiger partial charge in [0.15, 0.2) is 0 Å². The van der Waals surface area contributed by atoms with E-state index in [2.05, 4.69) is 19.2 Å². The molecule has 3 N–H and O–H groups in total. The van der Waals surface area contributed by atoms with Gasteiger partial charge in [-0.25, -0.2) is 0 Å². The Bertz CT molecular complexity index is 245. The van der Waals surface area contributed by atoms with Crippen molar-refractivity contribution in [1.29, 1.82) is 0 Å². The molecule has 100 valence electrons. The molecule has 1 amide bonds. The zero-order valence-corrected chi connectivity index (χ0v) is 11.6. The van der Waals surface area contributed by atoms with E-state index in [9.17, 15) is 4.79 Å². The molecule has 0 aliphatic heterocycles. The molecule has 0 bridgehead atoms. The predicted molar refractivity (Wildman–Crippen MR) is 71.7 cm³/mol. The van der Waals surface area contributed by atoms with Crippen LogP contribution in [-0.2, 0) is 4.79 Å². The van der Waals surface area contributed by atoms with Crippen molar-refractivity contribution in [3.05, 3.63) is 0 Å². The van der Waals surface area contributed by atoms with Crippen LogP contribution < -0.4 is 11.1 Å². The fraction of sp³-hybridized carbons (Fsp3) is 0.929. The summed E-state index contributed by atoms with van der Waals surface area (Å²) in [6.45, 7) is 6.01. The summed E-state index contributed by atoms with van der Waals surface area (Å²) in [5, 5.41) is 3.11. The summed E-state index contributed by atoms with van der Waals surface area (Å²) in [6, 6.07) is 0.266. The molecule has 0 radical (unpaired) electrons. The van der Waals surface area contributed by atoms with Crippen LogP contribution in [0.2, 0.25) is 0 Å². The van der Waals surface area contributed by atoms with E-state index < -0.39 is 5.54 Å². The number of carbonyl (C=O) groups excluding carboxylic acids is 1. The summed E-state index contributed by atoms with van der Waals surface area (Å²) in [4.78, 5) is 12.1. The van der Waals surface area contributed by atoms with E-state index in [0.717, 1.165) is 12.8 Å². The third-order valence-electron chi connectivity index (χ3n) is 4.00. The van der Waals surface area contributed by atoms with Crippen molar-refractivity contribution in [3.63, 3.8) is 0 Å². The van der Waals surface area contributed by atoms with Crippen molar-refractivity contribution in [1.82, 2.24) is 5.32 Å². The van der Waals surface area contributed by atoms with E-state index in [-0.39, 0.29) is 11.9 Å². The summed E-state index contributed by atoms with van der Waals surface area (Å²) in [6.07, 6.45) is 8.14. The molecule has 1 unspecified atom stereocenters. The van der Waals surface area contributed by atoms with Crippen LogP contribution >= 0.6 is 0 Å². The highest BCUT2D eigenvalue weighted by Gasteiger charge is 2.30. The Morgan fingerprint density at radius 3 is 2.53 bits per heavy atom. The molecule has 1 aliphatic rings. The van der Waals surface area contributed by atoms with Crippen LogP contribution in [0, 0.1) is 5.92 Å². The molecule has 1 rings (SSSR count). The van der Waals surface area contributed by atoms with Crippen molar-refractivity contribution >= 4 is 5.91 Å². The van der Waals surface area contributed by atoms with Gasteiger partial charge in [0.25, 0.3) is 0 Å². The second-order valence-electron chi connectivity index (χ2n) is 5.83. The number of rotatable bonds is 5. The van der Waals surface area contributed by atoms with Crippen molar-refractivity contribution in [2.45, 2.75) is 77.3 Å². The highest BCUT2D eigenvalue weighted by atomic mass is 16.2. The van der Waals surface area contributed by atoms with Crippen LogP contribution in [0.25, 0.3) is 0 Å². The normalized spacial score (nSPS) is 22.8. The Morgan fingerprint density at radius 2 is 2.00 bits per heavy atom. The van der Waals surface area contributed by atoms with Crippen LogP contribution in [0.4, 0.5) is 0 Å². The molecule has 0 aromatic rings. The van der Waals surface area contributed by atoms with Gasteiger partial charge in [0.1, 0.15) is 0 Å². The maximum atomic E-state index is 12.1. The molecule has 1 fully saturated rings. The summed E-state index contributed by atoms with van der Waals surface area (Å²) >= 11 is 0. The van der Waals surface area contributed by atoms with Gasteiger partial charge in [-0.3, -0.25) is 4.79 Å². The largest absolute Gasteiger partial charge is 0.352 e.